The van der Waals surface area contributed by atoms with Crippen LogP contribution in [0.1, 0.15) is 12.8 Å². The minimum absolute atomic E-state index is 0.208. The quantitative estimate of drug-likeness (QED) is 0.838. The zero-order valence-electron chi connectivity index (χ0n) is 9.47. The first-order chi connectivity index (χ1) is 8.42. The van der Waals surface area contributed by atoms with E-state index < -0.39 is 0 Å². The lowest BCUT2D eigenvalue weighted by atomic mass is 10.1. The Kier molecular flexibility index (Phi) is 2.83. The number of nitrogens with one attached hydrogen (secondary N) is 1. The zero-order valence-corrected chi connectivity index (χ0v) is 9.47. The number of rotatable bonds is 2. The van der Waals surface area contributed by atoms with Crippen LogP contribution in [0.15, 0.2) is 24.3 Å². The highest BCUT2D eigenvalue weighted by atomic mass is 16.5. The molecule has 3 rings (SSSR count). The van der Waals surface area contributed by atoms with E-state index in [1.54, 1.807) is 0 Å². The van der Waals surface area contributed by atoms with E-state index >= 15 is 0 Å². The maximum atomic E-state index is 5.74. The predicted molar refractivity (Wildman–Crippen MR) is 63.9 cm³/mol. The van der Waals surface area contributed by atoms with E-state index in [0.717, 1.165) is 37.0 Å². The van der Waals surface area contributed by atoms with Gasteiger partial charge in [-0.05, 0) is 38.1 Å². The smallest absolute Gasteiger partial charge is 0.336 e. The average molecular weight is 230 g/mol. The predicted octanol–water partition coefficient (Wildman–Crippen LogP) is 1.16. The molecule has 0 amide bonds. The van der Waals surface area contributed by atoms with Crippen LogP contribution in [-0.2, 0) is 0 Å². The lowest BCUT2D eigenvalue weighted by molar-refractivity contribution is 0.148. The van der Waals surface area contributed by atoms with Gasteiger partial charge in [-0.3, -0.25) is 0 Å². The molecule has 0 aliphatic carbocycles. The summed E-state index contributed by atoms with van der Waals surface area (Å²) in [5.74, 6) is 0. The van der Waals surface area contributed by atoms with Crippen molar-refractivity contribution in [3.63, 3.8) is 0 Å². The van der Waals surface area contributed by atoms with Gasteiger partial charge >= 0.3 is 6.01 Å². The number of hydrogen-bond acceptors (Lipinski definition) is 5. The van der Waals surface area contributed by atoms with Crippen molar-refractivity contribution in [1.29, 1.82) is 0 Å². The lowest BCUT2D eigenvalue weighted by Crippen LogP contribution is -2.34. The summed E-state index contributed by atoms with van der Waals surface area (Å²) in [6.45, 7) is 1.98. The van der Waals surface area contributed by atoms with Gasteiger partial charge in [0, 0.05) is 0 Å². The largest absolute Gasteiger partial charge is 0.459 e. The van der Waals surface area contributed by atoms with Crippen molar-refractivity contribution in [1.82, 2.24) is 20.5 Å². The summed E-state index contributed by atoms with van der Waals surface area (Å²) in [5, 5.41) is 11.4. The summed E-state index contributed by atoms with van der Waals surface area (Å²) in [4.78, 5) is 4.35. The molecule has 5 nitrogen and oxygen atoms in total. The van der Waals surface area contributed by atoms with Crippen molar-refractivity contribution in [3.8, 4) is 6.01 Å². The maximum absolute atomic E-state index is 5.74. The third-order valence-electron chi connectivity index (χ3n) is 2.90. The third-order valence-corrected chi connectivity index (χ3v) is 2.90. The number of para-hydroxylation sites is 1. The molecule has 1 aliphatic heterocycles. The molecule has 0 spiro atoms. The van der Waals surface area contributed by atoms with Gasteiger partial charge in [-0.2, -0.15) is 4.98 Å². The molecule has 1 N–H and O–H groups in total. The minimum atomic E-state index is 0.208. The number of hydrogen-bond donors (Lipinski definition) is 1. The molecule has 0 bridgehead atoms. The number of aromatic nitrogens is 3. The summed E-state index contributed by atoms with van der Waals surface area (Å²) >= 11 is 0. The van der Waals surface area contributed by atoms with Gasteiger partial charge in [0.1, 0.15) is 11.6 Å². The van der Waals surface area contributed by atoms with Gasteiger partial charge in [0.15, 0.2) is 0 Å². The van der Waals surface area contributed by atoms with Crippen molar-refractivity contribution in [3.05, 3.63) is 24.3 Å². The Hall–Kier alpha value is -1.75. The van der Waals surface area contributed by atoms with E-state index in [1.807, 2.05) is 24.3 Å². The molecule has 17 heavy (non-hydrogen) atoms. The normalized spacial score (nSPS) is 17.2. The summed E-state index contributed by atoms with van der Waals surface area (Å²) in [7, 11) is 0. The maximum Gasteiger partial charge on any atom is 0.336 e. The van der Waals surface area contributed by atoms with Crippen LogP contribution in [0.4, 0.5) is 0 Å². The molecule has 1 aromatic carbocycles. The average Bonchev–Trinajstić information content (AvgIpc) is 2.40. The SMILES string of the molecule is c1ccc2nc(OC3CCNCC3)nnc2c1. The van der Waals surface area contributed by atoms with Crippen molar-refractivity contribution >= 4 is 11.0 Å². The Morgan fingerprint density at radius 3 is 2.65 bits per heavy atom. The number of ether oxygens (including phenoxy) is 1. The fourth-order valence-electron chi connectivity index (χ4n) is 1.98. The van der Waals surface area contributed by atoms with E-state index in [4.69, 9.17) is 4.74 Å². The second kappa shape index (κ2) is 4.63. The molecular weight excluding hydrogens is 216 g/mol. The Morgan fingerprint density at radius 1 is 1.06 bits per heavy atom. The topological polar surface area (TPSA) is 59.9 Å². The highest BCUT2D eigenvalue weighted by molar-refractivity contribution is 5.73. The molecule has 88 valence electrons. The second-order valence-electron chi connectivity index (χ2n) is 4.15. The van der Waals surface area contributed by atoms with Gasteiger partial charge in [-0.25, -0.2) is 0 Å². The standard InChI is InChI=1S/C12H14N4O/c1-2-4-11-10(3-1)14-12(16-15-11)17-9-5-7-13-8-6-9/h1-4,9,13H,5-8H2. The number of nitrogens with zero attached hydrogens (tertiary/aromatic N) is 3. The van der Waals surface area contributed by atoms with Crippen molar-refractivity contribution < 1.29 is 4.74 Å². The molecule has 1 saturated heterocycles. The molecule has 0 radical (unpaired) electrons. The van der Waals surface area contributed by atoms with Crippen LogP contribution in [-0.4, -0.2) is 34.4 Å². The van der Waals surface area contributed by atoms with Crippen molar-refractivity contribution in [2.75, 3.05) is 13.1 Å². The van der Waals surface area contributed by atoms with Gasteiger partial charge in [0.2, 0.25) is 0 Å². The van der Waals surface area contributed by atoms with Gasteiger partial charge in [-0.1, -0.05) is 17.2 Å². The highest BCUT2D eigenvalue weighted by Gasteiger charge is 2.16. The molecule has 1 aromatic heterocycles. The molecule has 0 saturated carbocycles. The Morgan fingerprint density at radius 2 is 1.82 bits per heavy atom. The Balaban J connectivity index is 1.80. The van der Waals surface area contributed by atoms with E-state index in [2.05, 4.69) is 20.5 Å². The number of benzene rings is 1. The van der Waals surface area contributed by atoms with E-state index in [0.29, 0.717) is 6.01 Å². The molecule has 1 fully saturated rings. The van der Waals surface area contributed by atoms with E-state index in [-0.39, 0.29) is 6.10 Å². The summed E-state index contributed by atoms with van der Waals surface area (Å²) in [6.07, 6.45) is 2.20. The van der Waals surface area contributed by atoms with Gasteiger partial charge < -0.3 is 10.1 Å². The van der Waals surface area contributed by atoms with Crippen LogP contribution < -0.4 is 10.1 Å². The van der Waals surface area contributed by atoms with Gasteiger partial charge in [-0.15, -0.1) is 5.10 Å². The highest BCUT2D eigenvalue weighted by Crippen LogP contribution is 2.14. The molecule has 1 aliphatic rings. The van der Waals surface area contributed by atoms with Gasteiger partial charge in [0.25, 0.3) is 0 Å². The fourth-order valence-corrected chi connectivity index (χ4v) is 1.98. The fraction of sp³-hybridized carbons (Fsp3) is 0.417. The molecule has 0 atom stereocenters. The summed E-state index contributed by atoms with van der Waals surface area (Å²) < 4.78 is 5.74. The first kappa shape index (κ1) is 10.4. The van der Waals surface area contributed by atoms with Crippen LogP contribution >= 0.6 is 0 Å². The zero-order chi connectivity index (χ0) is 11.5. The monoisotopic (exact) mass is 230 g/mol. The third kappa shape index (κ3) is 2.34. The van der Waals surface area contributed by atoms with Crippen LogP contribution in [0.5, 0.6) is 6.01 Å². The van der Waals surface area contributed by atoms with Crippen molar-refractivity contribution in [2.45, 2.75) is 18.9 Å². The Labute approximate surface area is 99.2 Å². The van der Waals surface area contributed by atoms with Crippen molar-refractivity contribution in [2.24, 2.45) is 0 Å². The van der Waals surface area contributed by atoms with Crippen LogP contribution in [0, 0.1) is 0 Å². The van der Waals surface area contributed by atoms with Crippen LogP contribution in [0.2, 0.25) is 0 Å². The van der Waals surface area contributed by atoms with E-state index in [9.17, 15) is 0 Å². The summed E-state index contributed by atoms with van der Waals surface area (Å²) in [5.41, 5.74) is 1.62. The first-order valence-corrected chi connectivity index (χ1v) is 5.89. The number of fused-ring (bicyclic) bond motifs is 1. The summed E-state index contributed by atoms with van der Waals surface area (Å²) in [6, 6.07) is 8.05. The van der Waals surface area contributed by atoms with Crippen LogP contribution in [0.25, 0.3) is 11.0 Å². The second-order valence-corrected chi connectivity index (χ2v) is 4.15. The molecule has 2 heterocycles. The molecule has 2 aromatic rings. The molecule has 5 heteroatoms. The number of piperidine rings is 1. The first-order valence-electron chi connectivity index (χ1n) is 5.89. The molecule has 0 unspecified atom stereocenters. The minimum Gasteiger partial charge on any atom is -0.459 e. The van der Waals surface area contributed by atoms with Crippen LogP contribution in [0.3, 0.4) is 0 Å². The lowest BCUT2D eigenvalue weighted by Gasteiger charge is -2.22. The molecular formula is C12H14N4O. The Bertz CT molecular complexity index is 511. The van der Waals surface area contributed by atoms with Gasteiger partial charge in [0.05, 0.1) is 5.52 Å². The van der Waals surface area contributed by atoms with E-state index in [1.165, 1.54) is 0 Å².